The molecule has 3 aromatic rings. The van der Waals surface area contributed by atoms with Gasteiger partial charge in [0.2, 0.25) is 11.8 Å². The van der Waals surface area contributed by atoms with Crippen LogP contribution in [0.15, 0.2) is 45.3 Å². The second-order valence-electron chi connectivity index (χ2n) is 6.76. The third-order valence-electron chi connectivity index (χ3n) is 4.01. The summed E-state index contributed by atoms with van der Waals surface area (Å²) < 4.78 is 6.71. The molecule has 0 radical (unpaired) electrons. The molecular formula is C20H19BrClN3O2S. The monoisotopic (exact) mass is 479 g/mol. The van der Waals surface area contributed by atoms with Gasteiger partial charge in [0.15, 0.2) is 10.7 Å². The number of halogens is 2. The lowest BCUT2D eigenvalue weighted by Crippen LogP contribution is -2.34. The van der Waals surface area contributed by atoms with E-state index in [0.29, 0.717) is 45.6 Å². The Morgan fingerprint density at radius 3 is 2.82 bits per heavy atom. The molecule has 8 heteroatoms. The van der Waals surface area contributed by atoms with Crippen LogP contribution < -0.4 is 10.6 Å². The van der Waals surface area contributed by atoms with E-state index in [2.05, 4.69) is 45.4 Å². The Morgan fingerprint density at radius 1 is 1.29 bits per heavy atom. The first kappa shape index (κ1) is 20.8. The van der Waals surface area contributed by atoms with Crippen molar-refractivity contribution < 1.29 is 9.21 Å². The van der Waals surface area contributed by atoms with Gasteiger partial charge in [0.05, 0.1) is 10.6 Å². The predicted octanol–water partition coefficient (Wildman–Crippen LogP) is 6.16. The summed E-state index contributed by atoms with van der Waals surface area (Å²) in [5.74, 6) is 0.804. The highest BCUT2D eigenvalue weighted by molar-refractivity contribution is 9.10. The highest BCUT2D eigenvalue weighted by Gasteiger charge is 2.13. The van der Waals surface area contributed by atoms with Crippen LogP contribution in [-0.2, 0) is 4.79 Å². The van der Waals surface area contributed by atoms with Crippen LogP contribution in [0.4, 0.5) is 5.69 Å². The molecule has 0 unspecified atom stereocenters. The summed E-state index contributed by atoms with van der Waals surface area (Å²) in [5, 5.41) is 6.51. The zero-order chi connectivity index (χ0) is 20.3. The molecule has 1 amide bonds. The summed E-state index contributed by atoms with van der Waals surface area (Å²) >= 11 is 14.9. The second kappa shape index (κ2) is 9.03. The van der Waals surface area contributed by atoms with Gasteiger partial charge in [-0.25, -0.2) is 4.98 Å². The number of fused-ring (bicyclic) bond motifs is 1. The van der Waals surface area contributed by atoms with Crippen LogP contribution in [0.5, 0.6) is 0 Å². The Labute approximate surface area is 182 Å². The van der Waals surface area contributed by atoms with Crippen LogP contribution in [0.2, 0.25) is 5.02 Å². The SMILES string of the molecule is CC(C)CCC(=O)NC(=S)Nc1ccc2oc(-c3cc(Br)ccc3Cl)nc2c1. The lowest BCUT2D eigenvalue weighted by molar-refractivity contribution is -0.119. The zero-order valence-corrected chi connectivity index (χ0v) is 18.5. The standard InChI is InChI=1S/C20H19BrClN3O2S/c1-11(2)3-8-18(26)25-20(28)23-13-5-7-17-16(10-13)24-19(27-17)14-9-12(21)4-6-15(14)22/h4-7,9-11H,3,8H2,1-2H3,(H2,23,25,26,28). The second-order valence-corrected chi connectivity index (χ2v) is 8.49. The van der Waals surface area contributed by atoms with Gasteiger partial charge in [0.1, 0.15) is 5.52 Å². The number of anilines is 1. The number of aromatic nitrogens is 1. The number of amides is 1. The lowest BCUT2D eigenvalue weighted by Gasteiger charge is -2.10. The van der Waals surface area contributed by atoms with Gasteiger partial charge in [-0.1, -0.05) is 41.4 Å². The third-order valence-corrected chi connectivity index (χ3v) is 5.03. The summed E-state index contributed by atoms with van der Waals surface area (Å²) in [6, 6.07) is 10.9. The minimum absolute atomic E-state index is 0.0969. The van der Waals surface area contributed by atoms with Crippen LogP contribution >= 0.6 is 39.7 Å². The van der Waals surface area contributed by atoms with Crippen molar-refractivity contribution in [2.45, 2.75) is 26.7 Å². The molecule has 0 aliphatic carbocycles. The predicted molar refractivity (Wildman–Crippen MR) is 121 cm³/mol. The number of thiocarbonyl (C=S) groups is 1. The molecule has 28 heavy (non-hydrogen) atoms. The lowest BCUT2D eigenvalue weighted by atomic mass is 10.1. The first-order chi connectivity index (χ1) is 13.3. The van der Waals surface area contributed by atoms with Gasteiger partial charge >= 0.3 is 0 Å². The summed E-state index contributed by atoms with van der Waals surface area (Å²) in [4.78, 5) is 16.4. The molecule has 0 fully saturated rings. The van der Waals surface area contributed by atoms with Crippen LogP contribution in [0.1, 0.15) is 26.7 Å². The molecule has 3 rings (SSSR count). The Hall–Kier alpha value is -1.96. The summed E-state index contributed by atoms with van der Waals surface area (Å²) in [5.41, 5.74) is 2.70. The van der Waals surface area contributed by atoms with E-state index in [-0.39, 0.29) is 11.0 Å². The summed E-state index contributed by atoms with van der Waals surface area (Å²) in [6.07, 6.45) is 1.26. The van der Waals surface area contributed by atoms with Gasteiger partial charge in [0, 0.05) is 16.6 Å². The minimum Gasteiger partial charge on any atom is -0.436 e. The Morgan fingerprint density at radius 2 is 2.07 bits per heavy atom. The van der Waals surface area contributed by atoms with E-state index in [1.807, 2.05) is 18.2 Å². The first-order valence-corrected chi connectivity index (χ1v) is 10.4. The van der Waals surface area contributed by atoms with Crippen molar-refractivity contribution in [3.63, 3.8) is 0 Å². The maximum absolute atomic E-state index is 11.9. The number of nitrogens with zero attached hydrogens (tertiary/aromatic N) is 1. The van der Waals surface area contributed by atoms with Crippen molar-refractivity contribution in [2.24, 2.45) is 5.92 Å². The molecule has 0 aliphatic heterocycles. The smallest absolute Gasteiger partial charge is 0.228 e. The summed E-state index contributed by atoms with van der Waals surface area (Å²) in [7, 11) is 0. The summed E-state index contributed by atoms with van der Waals surface area (Å²) in [6.45, 7) is 4.15. The number of oxazole rings is 1. The Balaban J connectivity index is 1.73. The molecule has 5 nitrogen and oxygen atoms in total. The molecule has 0 atom stereocenters. The molecule has 2 aromatic carbocycles. The first-order valence-electron chi connectivity index (χ1n) is 8.78. The average Bonchev–Trinajstić information content (AvgIpc) is 3.05. The van der Waals surface area contributed by atoms with E-state index in [4.69, 9.17) is 28.2 Å². The molecule has 2 N–H and O–H groups in total. The van der Waals surface area contributed by atoms with E-state index in [1.54, 1.807) is 18.2 Å². The van der Waals surface area contributed by atoms with Crippen LogP contribution in [0, 0.1) is 5.92 Å². The molecule has 1 aromatic heterocycles. The molecule has 0 bridgehead atoms. The molecule has 0 saturated carbocycles. The van der Waals surface area contributed by atoms with Crippen molar-refractivity contribution >= 4 is 67.6 Å². The van der Waals surface area contributed by atoms with Crippen LogP contribution in [0.3, 0.4) is 0 Å². The number of rotatable bonds is 5. The van der Waals surface area contributed by atoms with Crippen molar-refractivity contribution in [2.75, 3.05) is 5.32 Å². The van der Waals surface area contributed by atoms with Crippen LogP contribution in [-0.4, -0.2) is 16.0 Å². The van der Waals surface area contributed by atoms with E-state index in [0.717, 1.165) is 10.9 Å². The van der Waals surface area contributed by atoms with Gasteiger partial charge in [0.25, 0.3) is 0 Å². The molecule has 0 spiro atoms. The van der Waals surface area contributed by atoms with Crippen LogP contribution in [0.25, 0.3) is 22.6 Å². The number of hydrogen-bond acceptors (Lipinski definition) is 4. The molecule has 0 aliphatic rings. The minimum atomic E-state index is -0.0969. The number of carbonyl (C=O) groups excluding carboxylic acids is 1. The van der Waals surface area contributed by atoms with Crippen molar-refractivity contribution in [1.29, 1.82) is 0 Å². The molecule has 0 saturated heterocycles. The maximum Gasteiger partial charge on any atom is 0.228 e. The fourth-order valence-corrected chi connectivity index (χ4v) is 3.34. The van der Waals surface area contributed by atoms with Crippen molar-refractivity contribution in [1.82, 2.24) is 10.3 Å². The quantitative estimate of drug-likeness (QED) is 0.428. The van der Waals surface area contributed by atoms with E-state index < -0.39 is 0 Å². The molecular weight excluding hydrogens is 462 g/mol. The Bertz CT molecular complexity index is 1040. The highest BCUT2D eigenvalue weighted by Crippen LogP contribution is 2.32. The number of nitrogens with one attached hydrogen (secondary N) is 2. The average molecular weight is 481 g/mol. The van der Waals surface area contributed by atoms with E-state index >= 15 is 0 Å². The van der Waals surface area contributed by atoms with Gasteiger partial charge < -0.3 is 15.1 Å². The Kier molecular flexibility index (Phi) is 6.69. The third kappa shape index (κ3) is 5.31. The highest BCUT2D eigenvalue weighted by atomic mass is 79.9. The van der Waals surface area contributed by atoms with Gasteiger partial charge in [-0.05, 0) is 61.0 Å². The molecule has 146 valence electrons. The largest absolute Gasteiger partial charge is 0.436 e. The van der Waals surface area contributed by atoms with Gasteiger partial charge in [-0.3, -0.25) is 4.79 Å². The zero-order valence-electron chi connectivity index (χ0n) is 15.4. The fraction of sp³-hybridized carbons (Fsp3) is 0.250. The van der Waals surface area contributed by atoms with Gasteiger partial charge in [-0.15, -0.1) is 0 Å². The number of hydrogen-bond donors (Lipinski definition) is 2. The topological polar surface area (TPSA) is 67.2 Å². The molecule has 1 heterocycles. The van der Waals surface area contributed by atoms with E-state index in [9.17, 15) is 4.79 Å². The number of carbonyl (C=O) groups is 1. The normalized spacial score (nSPS) is 11.0. The number of benzene rings is 2. The van der Waals surface area contributed by atoms with Gasteiger partial charge in [-0.2, -0.15) is 0 Å². The van der Waals surface area contributed by atoms with E-state index in [1.165, 1.54) is 0 Å². The maximum atomic E-state index is 11.9. The van der Waals surface area contributed by atoms with Crippen molar-refractivity contribution in [3.8, 4) is 11.5 Å². The fourth-order valence-electron chi connectivity index (χ4n) is 2.55. The van der Waals surface area contributed by atoms with Crippen molar-refractivity contribution in [3.05, 3.63) is 45.9 Å².